The van der Waals surface area contributed by atoms with Gasteiger partial charge in [-0.25, -0.2) is 4.79 Å². The number of hydrogen-bond donors (Lipinski definition) is 2. The number of carbonyl (C=O) groups is 2. The van der Waals surface area contributed by atoms with Gasteiger partial charge in [0.2, 0.25) is 0 Å². The van der Waals surface area contributed by atoms with Crippen LogP contribution in [0.3, 0.4) is 0 Å². The standard InChI is InChI=1S/C13H16N2O4/c1-8-7-15(5-3-11(8)16)12(17)9-2-4-14-6-10(9)13(18)19/h2,4,6,8,11,16H,3,5,7H2,1H3,(H,18,19). The number of amides is 1. The molecular formula is C13H16N2O4. The fraction of sp³-hybridized carbons (Fsp3) is 0.462. The number of carboxylic acids is 1. The van der Waals surface area contributed by atoms with Gasteiger partial charge in [0.25, 0.3) is 5.91 Å². The average Bonchev–Trinajstić information content (AvgIpc) is 2.41. The minimum Gasteiger partial charge on any atom is -0.478 e. The highest BCUT2D eigenvalue weighted by Gasteiger charge is 2.29. The Morgan fingerprint density at radius 1 is 1.42 bits per heavy atom. The van der Waals surface area contributed by atoms with Crippen molar-refractivity contribution in [3.05, 3.63) is 29.6 Å². The predicted molar refractivity (Wildman–Crippen MR) is 66.9 cm³/mol. The Bertz CT molecular complexity index is 503. The first-order valence-corrected chi connectivity index (χ1v) is 6.15. The van der Waals surface area contributed by atoms with Crippen molar-refractivity contribution in [1.82, 2.24) is 9.88 Å². The Kier molecular flexibility index (Phi) is 3.80. The molecule has 19 heavy (non-hydrogen) atoms. The van der Waals surface area contributed by atoms with E-state index in [0.717, 1.165) is 0 Å². The molecule has 1 aliphatic rings. The van der Waals surface area contributed by atoms with Gasteiger partial charge in [-0.1, -0.05) is 6.92 Å². The Labute approximate surface area is 110 Å². The predicted octanol–water partition coefficient (Wildman–Crippen LogP) is 0.623. The van der Waals surface area contributed by atoms with E-state index in [1.807, 2.05) is 6.92 Å². The number of carbonyl (C=O) groups excluding carboxylic acids is 1. The average molecular weight is 264 g/mol. The van der Waals surface area contributed by atoms with Crippen molar-refractivity contribution in [3.8, 4) is 0 Å². The van der Waals surface area contributed by atoms with E-state index in [1.165, 1.54) is 18.5 Å². The second-order valence-corrected chi connectivity index (χ2v) is 4.81. The maximum atomic E-state index is 12.3. The fourth-order valence-electron chi connectivity index (χ4n) is 2.24. The fourth-order valence-corrected chi connectivity index (χ4v) is 2.24. The first-order valence-electron chi connectivity index (χ1n) is 6.15. The minimum absolute atomic E-state index is 0.00665. The number of rotatable bonds is 2. The van der Waals surface area contributed by atoms with E-state index in [4.69, 9.17) is 5.11 Å². The molecule has 2 unspecified atom stereocenters. The van der Waals surface area contributed by atoms with E-state index in [-0.39, 0.29) is 23.0 Å². The molecule has 1 saturated heterocycles. The molecule has 2 atom stereocenters. The summed E-state index contributed by atoms with van der Waals surface area (Å²) in [7, 11) is 0. The summed E-state index contributed by atoms with van der Waals surface area (Å²) in [5, 5.41) is 18.7. The summed E-state index contributed by atoms with van der Waals surface area (Å²) in [4.78, 5) is 28.7. The maximum Gasteiger partial charge on any atom is 0.338 e. The van der Waals surface area contributed by atoms with Crippen molar-refractivity contribution in [2.75, 3.05) is 13.1 Å². The zero-order valence-corrected chi connectivity index (χ0v) is 10.6. The number of aromatic carboxylic acids is 1. The smallest absolute Gasteiger partial charge is 0.338 e. The zero-order chi connectivity index (χ0) is 14.0. The van der Waals surface area contributed by atoms with Gasteiger partial charge in [-0.2, -0.15) is 0 Å². The first kappa shape index (κ1) is 13.5. The molecule has 0 saturated carbocycles. The van der Waals surface area contributed by atoms with Crippen LogP contribution in [-0.4, -0.2) is 51.2 Å². The Balaban J connectivity index is 2.23. The van der Waals surface area contributed by atoms with Crippen LogP contribution < -0.4 is 0 Å². The Morgan fingerprint density at radius 2 is 2.16 bits per heavy atom. The molecule has 0 aliphatic carbocycles. The quantitative estimate of drug-likeness (QED) is 0.817. The summed E-state index contributed by atoms with van der Waals surface area (Å²) in [6.45, 7) is 2.74. The molecule has 1 amide bonds. The Morgan fingerprint density at radius 3 is 2.79 bits per heavy atom. The summed E-state index contributed by atoms with van der Waals surface area (Å²) in [6.07, 6.45) is 2.69. The highest BCUT2D eigenvalue weighted by molar-refractivity contribution is 6.04. The van der Waals surface area contributed by atoms with Crippen molar-refractivity contribution in [1.29, 1.82) is 0 Å². The van der Waals surface area contributed by atoms with Crippen molar-refractivity contribution < 1.29 is 19.8 Å². The van der Waals surface area contributed by atoms with Gasteiger partial charge in [-0.15, -0.1) is 0 Å². The molecule has 0 spiro atoms. The molecule has 102 valence electrons. The van der Waals surface area contributed by atoms with Crippen LogP contribution >= 0.6 is 0 Å². The van der Waals surface area contributed by atoms with Crippen molar-refractivity contribution in [3.63, 3.8) is 0 Å². The summed E-state index contributed by atoms with van der Waals surface area (Å²) in [6, 6.07) is 1.42. The number of nitrogens with zero attached hydrogens (tertiary/aromatic N) is 2. The van der Waals surface area contributed by atoms with E-state index >= 15 is 0 Å². The molecule has 1 fully saturated rings. The number of carboxylic acid groups (broad SMARTS) is 1. The lowest BCUT2D eigenvalue weighted by atomic mass is 9.96. The molecule has 1 aromatic rings. The summed E-state index contributed by atoms with van der Waals surface area (Å²) < 4.78 is 0. The van der Waals surface area contributed by atoms with E-state index in [9.17, 15) is 14.7 Å². The number of pyridine rings is 1. The molecule has 2 heterocycles. The number of likely N-dealkylation sites (tertiary alicyclic amines) is 1. The molecule has 0 radical (unpaired) electrons. The van der Waals surface area contributed by atoms with Gasteiger partial charge in [0, 0.05) is 25.5 Å². The number of aliphatic hydroxyl groups excluding tert-OH is 1. The molecule has 0 aromatic carbocycles. The van der Waals surface area contributed by atoms with Crippen LogP contribution in [0.1, 0.15) is 34.1 Å². The van der Waals surface area contributed by atoms with Gasteiger partial charge >= 0.3 is 5.97 Å². The Hall–Kier alpha value is -1.95. The van der Waals surface area contributed by atoms with Gasteiger partial charge < -0.3 is 15.1 Å². The van der Waals surface area contributed by atoms with Crippen molar-refractivity contribution >= 4 is 11.9 Å². The minimum atomic E-state index is -1.17. The number of aromatic nitrogens is 1. The lowest BCUT2D eigenvalue weighted by Crippen LogP contribution is -2.45. The molecule has 6 nitrogen and oxygen atoms in total. The lowest BCUT2D eigenvalue weighted by molar-refractivity contribution is 0.0294. The second kappa shape index (κ2) is 5.36. The highest BCUT2D eigenvalue weighted by atomic mass is 16.4. The lowest BCUT2D eigenvalue weighted by Gasteiger charge is -2.34. The molecule has 1 aromatic heterocycles. The van der Waals surface area contributed by atoms with Crippen LogP contribution in [0.4, 0.5) is 0 Å². The normalized spacial score (nSPS) is 23.2. The maximum absolute atomic E-state index is 12.3. The highest BCUT2D eigenvalue weighted by Crippen LogP contribution is 2.19. The number of piperidine rings is 1. The second-order valence-electron chi connectivity index (χ2n) is 4.81. The molecule has 2 N–H and O–H groups in total. The number of aliphatic hydroxyl groups is 1. The van der Waals surface area contributed by atoms with E-state index in [0.29, 0.717) is 19.5 Å². The van der Waals surface area contributed by atoms with Gasteiger partial charge in [-0.05, 0) is 18.4 Å². The monoisotopic (exact) mass is 264 g/mol. The van der Waals surface area contributed by atoms with Crippen LogP contribution in [0.25, 0.3) is 0 Å². The van der Waals surface area contributed by atoms with Crippen molar-refractivity contribution in [2.24, 2.45) is 5.92 Å². The zero-order valence-electron chi connectivity index (χ0n) is 10.6. The summed E-state index contributed by atoms with van der Waals surface area (Å²) >= 11 is 0. The molecule has 2 rings (SSSR count). The third-order valence-electron chi connectivity index (χ3n) is 3.43. The van der Waals surface area contributed by atoms with Gasteiger partial charge in [0.05, 0.1) is 17.2 Å². The third-order valence-corrected chi connectivity index (χ3v) is 3.43. The summed E-state index contributed by atoms with van der Waals surface area (Å²) in [5.74, 6) is -1.49. The molecule has 1 aliphatic heterocycles. The van der Waals surface area contributed by atoms with Gasteiger partial charge in [0.1, 0.15) is 0 Å². The SMILES string of the molecule is CC1CN(C(=O)c2ccncc2C(=O)O)CCC1O. The van der Waals surface area contributed by atoms with Crippen LogP contribution in [0, 0.1) is 5.92 Å². The molecule has 6 heteroatoms. The van der Waals surface area contributed by atoms with Crippen LogP contribution in [0.2, 0.25) is 0 Å². The summed E-state index contributed by atoms with van der Waals surface area (Å²) in [5.41, 5.74) is 0.0531. The van der Waals surface area contributed by atoms with Crippen LogP contribution in [0.15, 0.2) is 18.5 Å². The van der Waals surface area contributed by atoms with E-state index in [1.54, 1.807) is 4.90 Å². The topological polar surface area (TPSA) is 90.7 Å². The third kappa shape index (κ3) is 2.73. The first-order chi connectivity index (χ1) is 9.00. The largest absolute Gasteiger partial charge is 0.478 e. The van der Waals surface area contributed by atoms with Gasteiger partial charge in [0.15, 0.2) is 0 Å². The van der Waals surface area contributed by atoms with Gasteiger partial charge in [-0.3, -0.25) is 9.78 Å². The number of hydrogen-bond acceptors (Lipinski definition) is 4. The molecular weight excluding hydrogens is 248 g/mol. The van der Waals surface area contributed by atoms with Crippen molar-refractivity contribution in [2.45, 2.75) is 19.4 Å². The van der Waals surface area contributed by atoms with E-state index in [2.05, 4.69) is 4.98 Å². The molecule has 0 bridgehead atoms. The van der Waals surface area contributed by atoms with E-state index < -0.39 is 12.1 Å². The van der Waals surface area contributed by atoms with Crippen LogP contribution in [-0.2, 0) is 0 Å². The van der Waals surface area contributed by atoms with Crippen LogP contribution in [0.5, 0.6) is 0 Å².